The molecule has 0 saturated carbocycles. The van der Waals surface area contributed by atoms with Gasteiger partial charge in [0.2, 0.25) is 11.8 Å². The number of aliphatic hydroxyl groups excluding tert-OH is 2. The van der Waals surface area contributed by atoms with Crippen LogP contribution in [0.2, 0.25) is 0 Å². The third-order valence-electron chi connectivity index (χ3n) is 3.65. The van der Waals surface area contributed by atoms with Crippen molar-refractivity contribution in [3.63, 3.8) is 0 Å². The van der Waals surface area contributed by atoms with Gasteiger partial charge in [-0.3, -0.25) is 9.59 Å². The average molecular weight is 314 g/mol. The zero-order valence-electron chi connectivity index (χ0n) is 13.4. The third kappa shape index (κ3) is 10.3. The standard InChI is InChI=1S/C16H30N2O4/c17-15(21)8-6-4-2-1-3-5-7-13(9-11-19)14(10-12-20)16(18)22/h19-20H,1-12H2,(H2,17,21)(H2,18,22). The molecule has 6 nitrogen and oxygen atoms in total. The molecule has 0 atom stereocenters. The minimum atomic E-state index is -0.510. The summed E-state index contributed by atoms with van der Waals surface area (Å²) in [6, 6.07) is 0. The Kier molecular flexibility index (Phi) is 12.4. The highest BCUT2D eigenvalue weighted by Gasteiger charge is 2.11. The van der Waals surface area contributed by atoms with Gasteiger partial charge in [0.25, 0.3) is 0 Å². The van der Waals surface area contributed by atoms with Crippen LogP contribution in [0.3, 0.4) is 0 Å². The molecule has 0 aromatic rings. The maximum absolute atomic E-state index is 11.4. The third-order valence-corrected chi connectivity index (χ3v) is 3.65. The lowest BCUT2D eigenvalue weighted by atomic mass is 9.96. The lowest BCUT2D eigenvalue weighted by Crippen LogP contribution is -2.17. The Morgan fingerprint density at radius 2 is 1.18 bits per heavy atom. The van der Waals surface area contributed by atoms with Crippen LogP contribution in [0.15, 0.2) is 11.1 Å². The van der Waals surface area contributed by atoms with Crippen LogP contribution in [0.25, 0.3) is 0 Å². The predicted octanol–water partition coefficient (Wildman–Crippen LogP) is 1.14. The van der Waals surface area contributed by atoms with Gasteiger partial charge < -0.3 is 21.7 Å². The Morgan fingerprint density at radius 3 is 1.64 bits per heavy atom. The molecular weight excluding hydrogens is 284 g/mol. The van der Waals surface area contributed by atoms with Crippen molar-refractivity contribution in [3.8, 4) is 0 Å². The maximum atomic E-state index is 11.4. The van der Waals surface area contributed by atoms with E-state index in [4.69, 9.17) is 21.7 Å². The first kappa shape index (κ1) is 20.6. The zero-order valence-corrected chi connectivity index (χ0v) is 13.4. The SMILES string of the molecule is NC(=O)CCCCCCCCC(CCO)=C(CCO)C(N)=O. The van der Waals surface area contributed by atoms with E-state index < -0.39 is 5.91 Å². The van der Waals surface area contributed by atoms with E-state index in [1.807, 2.05) is 0 Å². The molecule has 128 valence electrons. The van der Waals surface area contributed by atoms with Crippen LogP contribution in [0.5, 0.6) is 0 Å². The minimum Gasteiger partial charge on any atom is -0.396 e. The Hall–Kier alpha value is -1.40. The van der Waals surface area contributed by atoms with Gasteiger partial charge in [0, 0.05) is 31.6 Å². The van der Waals surface area contributed by atoms with E-state index in [2.05, 4.69) is 0 Å². The number of hydrogen-bond donors (Lipinski definition) is 4. The first-order valence-corrected chi connectivity index (χ1v) is 8.03. The van der Waals surface area contributed by atoms with Crippen LogP contribution < -0.4 is 11.5 Å². The summed E-state index contributed by atoms with van der Waals surface area (Å²) in [5.41, 5.74) is 11.7. The molecule has 0 aliphatic carbocycles. The summed E-state index contributed by atoms with van der Waals surface area (Å²) < 4.78 is 0. The lowest BCUT2D eigenvalue weighted by Gasteiger charge is -2.12. The first-order chi connectivity index (χ1) is 10.5. The number of carbonyl (C=O) groups is 2. The molecule has 2 amide bonds. The fraction of sp³-hybridized carbons (Fsp3) is 0.750. The molecule has 0 bridgehead atoms. The van der Waals surface area contributed by atoms with Crippen LogP contribution in [0.4, 0.5) is 0 Å². The van der Waals surface area contributed by atoms with E-state index in [9.17, 15) is 9.59 Å². The fourth-order valence-corrected chi connectivity index (χ4v) is 2.49. The van der Waals surface area contributed by atoms with E-state index in [0.717, 1.165) is 50.5 Å². The summed E-state index contributed by atoms with van der Waals surface area (Å²) in [6.45, 7) is -0.141. The molecule has 22 heavy (non-hydrogen) atoms. The quantitative estimate of drug-likeness (QED) is 0.283. The number of amides is 2. The molecule has 0 unspecified atom stereocenters. The Bertz CT molecular complexity index is 367. The highest BCUT2D eigenvalue weighted by atomic mass is 16.3. The monoisotopic (exact) mass is 314 g/mol. The number of nitrogens with two attached hydrogens (primary N) is 2. The summed E-state index contributed by atoms with van der Waals surface area (Å²) in [5, 5.41) is 18.1. The Labute approximate surface area is 132 Å². The number of rotatable bonds is 14. The van der Waals surface area contributed by atoms with Crippen molar-refractivity contribution in [2.45, 2.75) is 64.2 Å². The average Bonchev–Trinajstić information content (AvgIpc) is 2.46. The Morgan fingerprint density at radius 1 is 0.682 bits per heavy atom. The number of primary amides is 2. The van der Waals surface area contributed by atoms with Gasteiger partial charge >= 0.3 is 0 Å². The van der Waals surface area contributed by atoms with Gasteiger partial charge in [0.05, 0.1) is 0 Å². The maximum Gasteiger partial charge on any atom is 0.244 e. The number of aliphatic hydroxyl groups is 2. The van der Waals surface area contributed by atoms with Gasteiger partial charge in [-0.25, -0.2) is 0 Å². The van der Waals surface area contributed by atoms with Crippen LogP contribution in [0, 0.1) is 0 Å². The number of carbonyl (C=O) groups excluding carboxylic acids is 2. The second kappa shape index (κ2) is 13.3. The number of hydrogen-bond acceptors (Lipinski definition) is 4. The molecule has 0 radical (unpaired) electrons. The molecule has 0 aliphatic heterocycles. The summed E-state index contributed by atoms with van der Waals surface area (Å²) in [4.78, 5) is 22.0. The van der Waals surface area contributed by atoms with Crippen molar-refractivity contribution in [1.29, 1.82) is 0 Å². The van der Waals surface area contributed by atoms with E-state index >= 15 is 0 Å². The molecule has 0 aliphatic rings. The van der Waals surface area contributed by atoms with Crippen LogP contribution in [-0.4, -0.2) is 35.2 Å². The molecular formula is C16H30N2O4. The molecule has 0 fully saturated rings. The summed E-state index contributed by atoms with van der Waals surface area (Å²) in [7, 11) is 0. The highest BCUT2D eigenvalue weighted by molar-refractivity contribution is 5.92. The van der Waals surface area contributed by atoms with Gasteiger partial charge in [-0.05, 0) is 25.7 Å². The molecule has 6 N–H and O–H groups in total. The topological polar surface area (TPSA) is 127 Å². The zero-order chi connectivity index (χ0) is 16.8. The van der Waals surface area contributed by atoms with Crippen LogP contribution >= 0.6 is 0 Å². The van der Waals surface area contributed by atoms with Crippen molar-refractivity contribution in [1.82, 2.24) is 0 Å². The molecule has 0 heterocycles. The van der Waals surface area contributed by atoms with Crippen molar-refractivity contribution in [2.75, 3.05) is 13.2 Å². The molecule has 0 aromatic carbocycles. The molecule has 0 saturated heterocycles. The van der Waals surface area contributed by atoms with Gasteiger partial charge in [0.1, 0.15) is 0 Å². The van der Waals surface area contributed by atoms with E-state index in [0.29, 0.717) is 18.4 Å². The normalized spacial score (nSPS) is 12.1. The summed E-state index contributed by atoms with van der Waals surface area (Å²) in [6.07, 6.45) is 7.76. The summed E-state index contributed by atoms with van der Waals surface area (Å²) >= 11 is 0. The largest absolute Gasteiger partial charge is 0.396 e. The second-order valence-corrected chi connectivity index (χ2v) is 5.48. The van der Waals surface area contributed by atoms with Gasteiger partial charge in [0.15, 0.2) is 0 Å². The first-order valence-electron chi connectivity index (χ1n) is 8.03. The number of unbranched alkanes of at least 4 members (excludes halogenated alkanes) is 5. The molecule has 0 rings (SSSR count). The van der Waals surface area contributed by atoms with Crippen molar-refractivity contribution in [3.05, 3.63) is 11.1 Å². The van der Waals surface area contributed by atoms with Crippen LogP contribution in [0.1, 0.15) is 64.2 Å². The minimum absolute atomic E-state index is 0.0232. The van der Waals surface area contributed by atoms with Gasteiger partial charge in [-0.1, -0.05) is 31.3 Å². The van der Waals surface area contributed by atoms with Crippen molar-refractivity contribution >= 4 is 11.8 Å². The van der Waals surface area contributed by atoms with Gasteiger partial charge in [-0.2, -0.15) is 0 Å². The van der Waals surface area contributed by atoms with Crippen molar-refractivity contribution in [2.24, 2.45) is 11.5 Å². The molecule has 6 heteroatoms. The van der Waals surface area contributed by atoms with Crippen LogP contribution in [-0.2, 0) is 9.59 Å². The lowest BCUT2D eigenvalue weighted by molar-refractivity contribution is -0.118. The Balaban J connectivity index is 4.07. The van der Waals surface area contributed by atoms with E-state index in [1.54, 1.807) is 0 Å². The van der Waals surface area contributed by atoms with E-state index in [1.165, 1.54) is 0 Å². The summed E-state index contributed by atoms with van der Waals surface area (Å²) in [5.74, 6) is -0.759. The highest BCUT2D eigenvalue weighted by Crippen LogP contribution is 2.20. The van der Waals surface area contributed by atoms with Crippen molar-refractivity contribution < 1.29 is 19.8 Å². The fourth-order valence-electron chi connectivity index (χ4n) is 2.49. The van der Waals surface area contributed by atoms with E-state index in [-0.39, 0.29) is 25.5 Å². The molecule has 0 spiro atoms. The molecule has 0 aromatic heterocycles. The second-order valence-electron chi connectivity index (χ2n) is 5.48. The smallest absolute Gasteiger partial charge is 0.244 e. The van der Waals surface area contributed by atoms with Gasteiger partial charge in [-0.15, -0.1) is 0 Å². The predicted molar refractivity (Wildman–Crippen MR) is 85.8 cm³/mol.